The van der Waals surface area contributed by atoms with E-state index in [9.17, 15) is 14.0 Å². The van der Waals surface area contributed by atoms with Crippen LogP contribution in [0, 0.1) is 5.82 Å². The van der Waals surface area contributed by atoms with Crippen molar-refractivity contribution in [3.63, 3.8) is 0 Å². The zero-order chi connectivity index (χ0) is 32.2. The van der Waals surface area contributed by atoms with Crippen LogP contribution in [0.1, 0.15) is 35.2 Å². The molecule has 0 spiro atoms. The summed E-state index contributed by atoms with van der Waals surface area (Å²) < 4.78 is 27.5. The van der Waals surface area contributed by atoms with Gasteiger partial charge in [-0.05, 0) is 88.3 Å². The lowest BCUT2D eigenvalue weighted by Gasteiger charge is -2.26. The van der Waals surface area contributed by atoms with E-state index in [2.05, 4.69) is 15.9 Å². The minimum absolute atomic E-state index is 0.186. The van der Waals surface area contributed by atoms with Crippen molar-refractivity contribution in [1.82, 2.24) is 4.57 Å². The van der Waals surface area contributed by atoms with E-state index in [1.165, 1.54) is 23.5 Å². The second-order valence-corrected chi connectivity index (χ2v) is 13.1. The minimum Gasteiger partial charge on any atom is -0.488 e. The van der Waals surface area contributed by atoms with Gasteiger partial charge in [-0.25, -0.2) is 14.2 Å². The monoisotopic (exact) mass is 714 g/mol. The number of carbonyl (C=O) groups is 1. The van der Waals surface area contributed by atoms with Gasteiger partial charge >= 0.3 is 5.97 Å². The smallest absolute Gasteiger partial charge is 0.338 e. The summed E-state index contributed by atoms with van der Waals surface area (Å²) in [6.45, 7) is 2.22. The molecule has 5 aromatic rings. The Morgan fingerprint density at radius 2 is 1.78 bits per heavy atom. The van der Waals surface area contributed by atoms with Gasteiger partial charge in [0.2, 0.25) is 0 Å². The highest BCUT2D eigenvalue weighted by molar-refractivity contribution is 9.10. The van der Waals surface area contributed by atoms with Crippen LogP contribution in [0.3, 0.4) is 0 Å². The van der Waals surface area contributed by atoms with Crippen molar-refractivity contribution in [1.29, 1.82) is 0 Å². The number of carbonyl (C=O) groups excluding carboxylic acids is 1. The Bertz CT molecular complexity index is 2110. The summed E-state index contributed by atoms with van der Waals surface area (Å²) in [6.07, 6.45) is 3.81. The number of thiazole rings is 1. The van der Waals surface area contributed by atoms with E-state index in [1.807, 2.05) is 85.1 Å². The Balaban J connectivity index is 1.45. The summed E-state index contributed by atoms with van der Waals surface area (Å²) in [5, 5.41) is 0. The molecule has 0 fully saturated rings. The lowest BCUT2D eigenvalue weighted by atomic mass is 9.93. The first-order chi connectivity index (χ1) is 22.4. The van der Waals surface area contributed by atoms with Crippen LogP contribution >= 0.6 is 39.0 Å². The molecule has 0 aliphatic carbocycles. The van der Waals surface area contributed by atoms with E-state index in [1.54, 1.807) is 35.4 Å². The van der Waals surface area contributed by atoms with Crippen molar-refractivity contribution < 1.29 is 18.7 Å². The Labute approximate surface area is 281 Å². The zero-order valence-corrected chi connectivity index (χ0v) is 28.1. The molecule has 1 aliphatic heterocycles. The van der Waals surface area contributed by atoms with Gasteiger partial charge in [-0.1, -0.05) is 72.0 Å². The van der Waals surface area contributed by atoms with Crippen LogP contribution in [-0.2, 0) is 16.1 Å². The third-order valence-corrected chi connectivity index (χ3v) is 9.71. The van der Waals surface area contributed by atoms with Gasteiger partial charge in [0.05, 0.1) is 32.9 Å². The van der Waals surface area contributed by atoms with Crippen molar-refractivity contribution in [2.75, 3.05) is 12.9 Å². The fourth-order valence-corrected chi connectivity index (χ4v) is 7.08. The average Bonchev–Trinajstić information content (AvgIpc) is 3.38. The molecule has 232 valence electrons. The second kappa shape index (κ2) is 14.0. The molecule has 0 N–H and O–H groups in total. The molecule has 6 nitrogen and oxygen atoms in total. The molecule has 0 saturated carbocycles. The summed E-state index contributed by atoms with van der Waals surface area (Å²) in [6, 6.07) is 28.3. The first-order valence-corrected chi connectivity index (χ1v) is 17.3. The molecule has 0 saturated heterocycles. The molecular weight excluding hydrogens is 687 g/mol. The van der Waals surface area contributed by atoms with Gasteiger partial charge in [0, 0.05) is 10.5 Å². The molecule has 10 heteroatoms. The van der Waals surface area contributed by atoms with Crippen molar-refractivity contribution >= 4 is 56.8 Å². The van der Waals surface area contributed by atoms with E-state index in [0.717, 1.165) is 27.1 Å². The maximum absolute atomic E-state index is 14.2. The van der Waals surface area contributed by atoms with E-state index in [0.29, 0.717) is 30.8 Å². The highest BCUT2D eigenvalue weighted by Crippen LogP contribution is 2.36. The van der Waals surface area contributed by atoms with Crippen LogP contribution in [0.5, 0.6) is 5.75 Å². The summed E-state index contributed by atoms with van der Waals surface area (Å²) in [5.74, 6) is -0.200. The molecule has 0 unspecified atom stereocenters. The zero-order valence-electron chi connectivity index (χ0n) is 24.9. The lowest BCUT2D eigenvalue weighted by molar-refractivity contribution is -0.138. The largest absolute Gasteiger partial charge is 0.488 e. The van der Waals surface area contributed by atoms with Crippen LogP contribution in [0.4, 0.5) is 4.39 Å². The average molecular weight is 716 g/mol. The van der Waals surface area contributed by atoms with Gasteiger partial charge in [-0.2, -0.15) is 0 Å². The number of esters is 1. The van der Waals surface area contributed by atoms with E-state index < -0.39 is 12.0 Å². The van der Waals surface area contributed by atoms with Gasteiger partial charge in [-0.3, -0.25) is 9.36 Å². The van der Waals surface area contributed by atoms with Gasteiger partial charge < -0.3 is 9.47 Å². The predicted octanol–water partition coefficient (Wildman–Crippen LogP) is 7.14. The standard InChI is InChI=1S/C36H28BrFN2O4S2/c1-3-43-35(42)31-32(24-7-5-4-6-8-24)39-36-40(33(31)25-12-16-27(45-2)17-13-25)34(41)30(46-36)20-23-11-18-29(28(37)19-23)44-21-22-9-14-26(38)15-10-22/h4-20,33H,3,21H2,1-2H3/b30-20-/t33-/m0/s1. The molecule has 1 aliphatic rings. The molecule has 4 aromatic carbocycles. The number of halogens is 2. The topological polar surface area (TPSA) is 69.9 Å². The first-order valence-electron chi connectivity index (χ1n) is 14.5. The number of hydrogen-bond acceptors (Lipinski definition) is 7. The molecule has 6 rings (SSSR count). The minimum atomic E-state index is -0.738. The summed E-state index contributed by atoms with van der Waals surface area (Å²) in [5.41, 5.74) is 3.69. The van der Waals surface area contributed by atoms with Crippen molar-refractivity contribution in [2.24, 2.45) is 4.99 Å². The number of nitrogens with zero attached hydrogens (tertiary/aromatic N) is 2. The predicted molar refractivity (Wildman–Crippen MR) is 184 cm³/mol. The third kappa shape index (κ3) is 6.65. The Morgan fingerprint density at radius 1 is 1.04 bits per heavy atom. The number of aromatic nitrogens is 1. The number of ether oxygens (including phenoxy) is 2. The van der Waals surface area contributed by atoms with Crippen LogP contribution in [-0.4, -0.2) is 23.4 Å². The van der Waals surface area contributed by atoms with Crippen molar-refractivity contribution in [3.05, 3.63) is 155 Å². The highest BCUT2D eigenvalue weighted by Gasteiger charge is 2.35. The van der Waals surface area contributed by atoms with Crippen LogP contribution in [0.2, 0.25) is 0 Å². The lowest BCUT2D eigenvalue weighted by Crippen LogP contribution is -2.40. The molecule has 46 heavy (non-hydrogen) atoms. The van der Waals surface area contributed by atoms with E-state index in [4.69, 9.17) is 14.5 Å². The number of rotatable bonds is 9. The van der Waals surface area contributed by atoms with Crippen molar-refractivity contribution in [3.8, 4) is 5.75 Å². The van der Waals surface area contributed by atoms with E-state index in [-0.39, 0.29) is 24.6 Å². The molecule has 1 aromatic heterocycles. The van der Waals surface area contributed by atoms with Crippen LogP contribution < -0.4 is 19.6 Å². The number of fused-ring (bicyclic) bond motifs is 1. The normalized spacial score (nSPS) is 14.5. The SMILES string of the molecule is CCOC(=O)C1=C(c2ccccc2)N=c2s/c(=C\c3ccc(OCc4ccc(F)cc4)c(Br)c3)c(=O)n2[C@H]1c1ccc(SC)cc1. The van der Waals surface area contributed by atoms with Gasteiger partial charge in [0.15, 0.2) is 4.80 Å². The maximum Gasteiger partial charge on any atom is 0.338 e. The second-order valence-electron chi connectivity index (χ2n) is 10.3. The van der Waals surface area contributed by atoms with Crippen LogP contribution in [0.15, 0.2) is 122 Å². The number of benzene rings is 4. The third-order valence-electron chi connectivity index (χ3n) is 7.37. The highest BCUT2D eigenvalue weighted by atomic mass is 79.9. The van der Waals surface area contributed by atoms with Gasteiger partial charge in [0.25, 0.3) is 5.56 Å². The van der Waals surface area contributed by atoms with Gasteiger partial charge in [0.1, 0.15) is 18.2 Å². The molecule has 2 heterocycles. The summed E-state index contributed by atoms with van der Waals surface area (Å²) in [4.78, 5) is 34.3. The van der Waals surface area contributed by atoms with Gasteiger partial charge in [-0.15, -0.1) is 11.8 Å². The fourth-order valence-electron chi connectivity index (χ4n) is 5.16. The quantitative estimate of drug-likeness (QED) is 0.120. The molecule has 0 bridgehead atoms. The molecule has 1 atom stereocenters. The summed E-state index contributed by atoms with van der Waals surface area (Å²) >= 11 is 6.47. The first kappa shape index (κ1) is 31.7. The van der Waals surface area contributed by atoms with Crippen molar-refractivity contribution in [2.45, 2.75) is 24.5 Å². The molecular formula is C36H28BrFN2O4S2. The fraction of sp³-hybridized carbons (Fsp3) is 0.139. The Morgan fingerprint density at radius 3 is 2.46 bits per heavy atom. The summed E-state index contributed by atoms with van der Waals surface area (Å²) in [7, 11) is 0. The Kier molecular flexibility index (Phi) is 9.67. The molecule has 0 amide bonds. The number of thioether (sulfide) groups is 1. The molecule has 0 radical (unpaired) electrons. The Hall–Kier alpha value is -4.25. The van der Waals surface area contributed by atoms with Crippen LogP contribution in [0.25, 0.3) is 11.8 Å². The number of hydrogen-bond donors (Lipinski definition) is 0. The maximum atomic E-state index is 14.2. The van der Waals surface area contributed by atoms with E-state index >= 15 is 0 Å².